The van der Waals surface area contributed by atoms with Crippen LogP contribution in [0.5, 0.6) is 0 Å². The molecule has 1 unspecified atom stereocenters. The van der Waals surface area contributed by atoms with E-state index in [4.69, 9.17) is 14.2 Å². The predicted octanol–water partition coefficient (Wildman–Crippen LogP) is 21.7. The van der Waals surface area contributed by atoms with Gasteiger partial charge in [0.25, 0.3) is 0 Å². The lowest BCUT2D eigenvalue weighted by Crippen LogP contribution is -2.30. The maximum Gasteiger partial charge on any atom is 0.306 e. The molecule has 0 aliphatic heterocycles. The van der Waals surface area contributed by atoms with Crippen LogP contribution in [-0.4, -0.2) is 37.2 Å². The fourth-order valence-corrected chi connectivity index (χ4v) is 9.16. The second-order valence-corrected chi connectivity index (χ2v) is 21.3. The monoisotopic (exact) mass is 1030 g/mol. The van der Waals surface area contributed by atoms with Crippen LogP contribution in [-0.2, 0) is 28.6 Å². The predicted molar refractivity (Wildman–Crippen MR) is 321 cm³/mol. The lowest BCUT2D eigenvalue weighted by Gasteiger charge is -2.18. The molecule has 0 aromatic rings. The maximum atomic E-state index is 12.9. The van der Waals surface area contributed by atoms with E-state index in [1.165, 1.54) is 180 Å². The Morgan fingerprint density at radius 1 is 0.284 bits per heavy atom. The number of rotatable bonds is 58. The van der Waals surface area contributed by atoms with Crippen molar-refractivity contribution in [3.05, 3.63) is 72.9 Å². The first kappa shape index (κ1) is 70.8. The normalized spacial score (nSPS) is 12.5. The van der Waals surface area contributed by atoms with Gasteiger partial charge in [-0.25, -0.2) is 0 Å². The van der Waals surface area contributed by atoms with Crippen LogP contribution in [0.15, 0.2) is 72.9 Å². The van der Waals surface area contributed by atoms with Gasteiger partial charge in [0, 0.05) is 19.3 Å². The number of carbonyl (C=O) groups excluding carboxylic acids is 3. The van der Waals surface area contributed by atoms with E-state index in [1.807, 2.05) is 0 Å². The third-order valence-electron chi connectivity index (χ3n) is 13.9. The van der Waals surface area contributed by atoms with Gasteiger partial charge in [-0.05, 0) is 83.5 Å². The molecule has 0 aromatic carbocycles. The van der Waals surface area contributed by atoms with Crippen LogP contribution < -0.4 is 0 Å². The molecule has 0 bridgehead atoms. The third-order valence-corrected chi connectivity index (χ3v) is 13.9. The molecule has 74 heavy (non-hydrogen) atoms. The zero-order valence-electron chi connectivity index (χ0n) is 49.1. The van der Waals surface area contributed by atoms with E-state index in [0.717, 1.165) is 103 Å². The number of hydrogen-bond donors (Lipinski definition) is 0. The van der Waals surface area contributed by atoms with Crippen molar-refractivity contribution in [3.63, 3.8) is 0 Å². The van der Waals surface area contributed by atoms with Gasteiger partial charge >= 0.3 is 17.9 Å². The highest BCUT2D eigenvalue weighted by Crippen LogP contribution is 2.17. The number of allylic oxidation sites excluding steroid dienone is 12. The van der Waals surface area contributed by atoms with Crippen LogP contribution in [0.2, 0.25) is 0 Å². The molecule has 0 radical (unpaired) electrons. The summed E-state index contributed by atoms with van der Waals surface area (Å²) in [6.07, 6.45) is 80.5. The van der Waals surface area contributed by atoms with Gasteiger partial charge in [0.05, 0.1) is 0 Å². The molecule has 0 saturated heterocycles. The number of carbonyl (C=O) groups is 3. The molecule has 0 saturated carbocycles. The van der Waals surface area contributed by atoms with Crippen molar-refractivity contribution in [3.8, 4) is 0 Å². The quantitative estimate of drug-likeness (QED) is 0.0261. The van der Waals surface area contributed by atoms with Gasteiger partial charge in [0.2, 0.25) is 0 Å². The van der Waals surface area contributed by atoms with E-state index in [1.54, 1.807) is 0 Å². The van der Waals surface area contributed by atoms with Gasteiger partial charge < -0.3 is 14.2 Å². The molecule has 428 valence electrons. The lowest BCUT2D eigenvalue weighted by atomic mass is 10.0. The first-order valence-corrected chi connectivity index (χ1v) is 31.9. The second-order valence-electron chi connectivity index (χ2n) is 21.3. The SMILES string of the molecule is CC/C=C\C/C=C\C/C=C\C/C=C\CCCCCCCCCCCCCCC(=O)OCC(COC(=O)CCCCCCC/C=C\C/C=C\CCCC)OC(=O)CCCCCCCCCCCCCCCCCCC. The summed E-state index contributed by atoms with van der Waals surface area (Å²) in [6.45, 7) is 6.52. The number of ether oxygens (including phenoxy) is 3. The summed E-state index contributed by atoms with van der Waals surface area (Å²) in [7, 11) is 0. The minimum Gasteiger partial charge on any atom is -0.462 e. The van der Waals surface area contributed by atoms with Crippen LogP contribution in [0.4, 0.5) is 0 Å². The Kier molecular flexibility index (Phi) is 59.7. The zero-order chi connectivity index (χ0) is 53.6. The van der Waals surface area contributed by atoms with Gasteiger partial charge in [-0.3, -0.25) is 14.4 Å². The van der Waals surface area contributed by atoms with E-state index in [0.29, 0.717) is 19.3 Å². The molecule has 0 fully saturated rings. The highest BCUT2D eigenvalue weighted by Gasteiger charge is 2.19. The van der Waals surface area contributed by atoms with Crippen molar-refractivity contribution in [2.24, 2.45) is 0 Å². The lowest BCUT2D eigenvalue weighted by molar-refractivity contribution is -0.167. The topological polar surface area (TPSA) is 78.9 Å². The highest BCUT2D eigenvalue weighted by molar-refractivity contribution is 5.71. The smallest absolute Gasteiger partial charge is 0.306 e. The standard InChI is InChI=1S/C68H120O6/c1-4-7-10-13-16-19-22-25-28-30-31-32-33-34-35-36-37-39-40-43-46-49-52-55-58-61-67(70)73-64-65(63-72-66(69)60-57-54-51-48-45-42-27-24-21-18-15-12-9-6-3)74-68(71)62-59-56-53-50-47-44-41-38-29-26-23-20-17-14-11-8-5-2/h7,10,15-16,18-19,24-25,27-28,31-32,65H,4-6,8-9,11-14,17,20-23,26,29-30,33-64H2,1-3H3/b10-7-,18-15-,19-16-,27-24-,28-25-,32-31-. The fourth-order valence-electron chi connectivity index (χ4n) is 9.16. The summed E-state index contributed by atoms with van der Waals surface area (Å²) in [4.78, 5) is 38.3. The van der Waals surface area contributed by atoms with Crippen LogP contribution in [0.3, 0.4) is 0 Å². The molecule has 0 heterocycles. The van der Waals surface area contributed by atoms with Crippen molar-refractivity contribution < 1.29 is 28.6 Å². The second kappa shape index (κ2) is 62.4. The molecule has 0 rings (SSSR count). The number of esters is 3. The van der Waals surface area contributed by atoms with E-state index in [-0.39, 0.29) is 31.1 Å². The van der Waals surface area contributed by atoms with Gasteiger partial charge in [-0.1, -0.05) is 293 Å². The molecule has 6 nitrogen and oxygen atoms in total. The van der Waals surface area contributed by atoms with Crippen molar-refractivity contribution in [2.45, 2.75) is 329 Å². The van der Waals surface area contributed by atoms with Gasteiger partial charge in [0.1, 0.15) is 13.2 Å². The summed E-state index contributed by atoms with van der Waals surface area (Å²) in [5.74, 6) is -0.877. The third kappa shape index (κ3) is 59.7. The highest BCUT2D eigenvalue weighted by atomic mass is 16.6. The van der Waals surface area contributed by atoms with E-state index in [2.05, 4.69) is 93.7 Å². The maximum absolute atomic E-state index is 12.9. The summed E-state index contributed by atoms with van der Waals surface area (Å²) in [5.41, 5.74) is 0. The molecule has 1 atom stereocenters. The van der Waals surface area contributed by atoms with Gasteiger partial charge in [0.15, 0.2) is 6.10 Å². The Hall–Kier alpha value is -3.15. The fraction of sp³-hybridized carbons (Fsp3) is 0.779. The molecule has 0 aliphatic carbocycles. The summed E-state index contributed by atoms with van der Waals surface area (Å²) >= 11 is 0. The first-order chi connectivity index (χ1) is 36.5. The van der Waals surface area contributed by atoms with E-state index >= 15 is 0 Å². The Morgan fingerprint density at radius 3 is 0.865 bits per heavy atom. The van der Waals surface area contributed by atoms with Crippen molar-refractivity contribution in [1.82, 2.24) is 0 Å². The largest absolute Gasteiger partial charge is 0.462 e. The average Bonchev–Trinajstić information content (AvgIpc) is 3.40. The Labute approximate surface area is 459 Å². The van der Waals surface area contributed by atoms with E-state index in [9.17, 15) is 14.4 Å². The minimum atomic E-state index is -0.780. The first-order valence-electron chi connectivity index (χ1n) is 31.9. The Balaban J connectivity index is 4.30. The molecule has 0 aliphatic rings. The summed E-state index contributed by atoms with van der Waals surface area (Å²) in [5, 5.41) is 0. The zero-order valence-corrected chi connectivity index (χ0v) is 49.1. The summed E-state index contributed by atoms with van der Waals surface area (Å²) < 4.78 is 16.9. The molecule has 6 heteroatoms. The van der Waals surface area contributed by atoms with Gasteiger partial charge in [-0.2, -0.15) is 0 Å². The molecule has 0 amide bonds. The van der Waals surface area contributed by atoms with E-state index < -0.39 is 6.10 Å². The van der Waals surface area contributed by atoms with Crippen LogP contribution in [0.1, 0.15) is 323 Å². The molecular formula is C68H120O6. The van der Waals surface area contributed by atoms with Gasteiger partial charge in [-0.15, -0.1) is 0 Å². The van der Waals surface area contributed by atoms with Crippen LogP contribution in [0, 0.1) is 0 Å². The Morgan fingerprint density at radius 2 is 0.541 bits per heavy atom. The molecular weight excluding hydrogens is 913 g/mol. The average molecular weight is 1030 g/mol. The van der Waals surface area contributed by atoms with Crippen molar-refractivity contribution >= 4 is 17.9 Å². The van der Waals surface area contributed by atoms with Crippen LogP contribution >= 0.6 is 0 Å². The van der Waals surface area contributed by atoms with Crippen molar-refractivity contribution in [2.75, 3.05) is 13.2 Å². The molecule has 0 spiro atoms. The Bertz CT molecular complexity index is 1370. The number of hydrogen-bond acceptors (Lipinski definition) is 6. The molecule has 0 aromatic heterocycles. The summed E-state index contributed by atoms with van der Waals surface area (Å²) in [6, 6.07) is 0. The molecule has 0 N–H and O–H groups in total. The van der Waals surface area contributed by atoms with Crippen LogP contribution in [0.25, 0.3) is 0 Å². The number of unbranched alkanes of at least 4 members (excludes halogenated alkanes) is 35. The van der Waals surface area contributed by atoms with Crippen molar-refractivity contribution in [1.29, 1.82) is 0 Å². The minimum absolute atomic E-state index is 0.0776.